The van der Waals surface area contributed by atoms with Crippen LogP contribution in [-0.4, -0.2) is 37.6 Å². The molecule has 1 saturated carbocycles. The van der Waals surface area contributed by atoms with Gasteiger partial charge < -0.3 is 10.6 Å². The van der Waals surface area contributed by atoms with Gasteiger partial charge in [-0.15, -0.1) is 0 Å². The molecule has 170 valence electrons. The molecule has 2 N–H and O–H groups in total. The number of sulfonamides is 1. The van der Waals surface area contributed by atoms with Crippen molar-refractivity contribution in [1.82, 2.24) is 4.31 Å². The van der Waals surface area contributed by atoms with Gasteiger partial charge in [0, 0.05) is 36.3 Å². The molecule has 2 fully saturated rings. The maximum absolute atomic E-state index is 13.4. The number of piperidine rings is 1. The van der Waals surface area contributed by atoms with Crippen LogP contribution in [0.4, 0.5) is 15.8 Å². The predicted molar refractivity (Wildman–Crippen MR) is 119 cm³/mol. The molecule has 2 aliphatic rings. The van der Waals surface area contributed by atoms with Crippen LogP contribution in [0.3, 0.4) is 0 Å². The molecule has 10 heteroatoms. The van der Waals surface area contributed by atoms with E-state index in [1.54, 1.807) is 24.3 Å². The molecule has 2 amide bonds. The van der Waals surface area contributed by atoms with Crippen LogP contribution in [0, 0.1) is 17.7 Å². The standard InChI is InChI=1S/C22H23ClFN3O4S/c23-19-13-18(6-7-20(19)24)32(30,31)27-10-8-15(9-11-27)22(29)26-17-3-1-2-16(12-17)25-21(28)14-4-5-14/h1-3,6-7,12-15H,4-5,8-11H2,(H,25,28)(H,26,29). The molecule has 0 bridgehead atoms. The van der Waals surface area contributed by atoms with Gasteiger partial charge in [0.15, 0.2) is 0 Å². The summed E-state index contributed by atoms with van der Waals surface area (Å²) in [6, 6.07) is 10.3. The van der Waals surface area contributed by atoms with Crippen LogP contribution in [0.2, 0.25) is 5.02 Å². The van der Waals surface area contributed by atoms with E-state index in [-0.39, 0.29) is 46.7 Å². The third kappa shape index (κ3) is 5.11. The fourth-order valence-corrected chi connectivity index (χ4v) is 5.40. The van der Waals surface area contributed by atoms with Crippen molar-refractivity contribution in [2.45, 2.75) is 30.6 Å². The van der Waals surface area contributed by atoms with Crippen LogP contribution in [-0.2, 0) is 19.6 Å². The van der Waals surface area contributed by atoms with Gasteiger partial charge in [-0.25, -0.2) is 12.8 Å². The number of anilines is 2. The van der Waals surface area contributed by atoms with E-state index in [0.717, 1.165) is 25.0 Å². The highest BCUT2D eigenvalue weighted by atomic mass is 35.5. The Labute approximate surface area is 191 Å². The molecule has 0 atom stereocenters. The van der Waals surface area contributed by atoms with E-state index in [4.69, 9.17) is 11.6 Å². The predicted octanol–water partition coefficient (Wildman–Crippen LogP) is 3.87. The Hall–Kier alpha value is -2.49. The normalized spacial score (nSPS) is 17.7. The monoisotopic (exact) mass is 479 g/mol. The molecule has 1 heterocycles. The van der Waals surface area contributed by atoms with Crippen molar-refractivity contribution in [1.29, 1.82) is 0 Å². The number of nitrogens with zero attached hydrogens (tertiary/aromatic N) is 1. The lowest BCUT2D eigenvalue weighted by atomic mass is 9.97. The maximum atomic E-state index is 13.4. The molecule has 2 aromatic rings. The summed E-state index contributed by atoms with van der Waals surface area (Å²) in [5.74, 6) is -1.15. The van der Waals surface area contributed by atoms with Crippen molar-refractivity contribution >= 4 is 44.8 Å². The first-order valence-corrected chi connectivity index (χ1v) is 12.2. The molecule has 4 rings (SSSR count). The minimum atomic E-state index is -3.82. The summed E-state index contributed by atoms with van der Waals surface area (Å²) in [6.45, 7) is 0.347. The van der Waals surface area contributed by atoms with E-state index in [1.807, 2.05) is 0 Å². The summed E-state index contributed by atoms with van der Waals surface area (Å²) >= 11 is 5.72. The van der Waals surface area contributed by atoms with Crippen LogP contribution in [0.5, 0.6) is 0 Å². The second-order valence-corrected chi connectivity index (χ2v) is 10.4. The second kappa shape index (κ2) is 9.17. The Morgan fingerprint density at radius 1 is 0.906 bits per heavy atom. The number of benzene rings is 2. The zero-order valence-corrected chi connectivity index (χ0v) is 18.8. The summed E-state index contributed by atoms with van der Waals surface area (Å²) < 4.78 is 40.3. The lowest BCUT2D eigenvalue weighted by Crippen LogP contribution is -2.41. The van der Waals surface area contributed by atoms with Crippen molar-refractivity contribution in [3.63, 3.8) is 0 Å². The lowest BCUT2D eigenvalue weighted by molar-refractivity contribution is -0.121. The molecular formula is C22H23ClFN3O4S. The van der Waals surface area contributed by atoms with Gasteiger partial charge in [0.2, 0.25) is 21.8 Å². The van der Waals surface area contributed by atoms with E-state index < -0.39 is 15.8 Å². The number of carbonyl (C=O) groups excluding carboxylic acids is 2. The Balaban J connectivity index is 1.34. The third-order valence-electron chi connectivity index (χ3n) is 5.70. The Morgan fingerprint density at radius 2 is 1.47 bits per heavy atom. The van der Waals surface area contributed by atoms with Gasteiger partial charge in [-0.3, -0.25) is 9.59 Å². The minimum Gasteiger partial charge on any atom is -0.326 e. The molecule has 0 aromatic heterocycles. The van der Waals surface area contributed by atoms with E-state index in [2.05, 4.69) is 10.6 Å². The quantitative estimate of drug-likeness (QED) is 0.657. The molecule has 0 spiro atoms. The van der Waals surface area contributed by atoms with Crippen LogP contribution < -0.4 is 10.6 Å². The molecular weight excluding hydrogens is 457 g/mol. The zero-order chi connectivity index (χ0) is 22.9. The first-order valence-electron chi connectivity index (χ1n) is 10.4. The van der Waals surface area contributed by atoms with E-state index in [0.29, 0.717) is 24.2 Å². The molecule has 1 aliphatic heterocycles. The summed E-state index contributed by atoms with van der Waals surface area (Å²) in [5.41, 5.74) is 1.19. The fraction of sp³-hybridized carbons (Fsp3) is 0.364. The molecule has 1 aliphatic carbocycles. The minimum absolute atomic E-state index is 0.00972. The lowest BCUT2D eigenvalue weighted by Gasteiger charge is -2.30. The molecule has 2 aromatic carbocycles. The van der Waals surface area contributed by atoms with Crippen LogP contribution in [0.15, 0.2) is 47.4 Å². The Kier molecular flexibility index (Phi) is 6.50. The largest absolute Gasteiger partial charge is 0.326 e. The Bertz CT molecular complexity index is 1150. The average Bonchev–Trinajstić information content (AvgIpc) is 3.61. The number of hydrogen-bond donors (Lipinski definition) is 2. The SMILES string of the molecule is O=C(Nc1cccc(NC(=O)C2CCN(S(=O)(=O)c3ccc(F)c(Cl)c3)CC2)c1)C1CC1. The van der Waals surface area contributed by atoms with Gasteiger partial charge in [-0.1, -0.05) is 17.7 Å². The molecule has 0 unspecified atom stereocenters. The van der Waals surface area contributed by atoms with Gasteiger partial charge in [-0.2, -0.15) is 4.31 Å². The number of nitrogens with one attached hydrogen (secondary N) is 2. The third-order valence-corrected chi connectivity index (χ3v) is 7.88. The van der Waals surface area contributed by atoms with E-state index >= 15 is 0 Å². The van der Waals surface area contributed by atoms with Crippen LogP contribution >= 0.6 is 11.6 Å². The van der Waals surface area contributed by atoms with Gasteiger partial charge in [0.05, 0.1) is 9.92 Å². The topological polar surface area (TPSA) is 95.6 Å². The number of amides is 2. The van der Waals surface area contributed by atoms with Crippen molar-refractivity contribution in [3.05, 3.63) is 53.3 Å². The number of halogens is 2. The highest BCUT2D eigenvalue weighted by Crippen LogP contribution is 2.31. The summed E-state index contributed by atoms with van der Waals surface area (Å²) in [6.07, 6.45) is 2.53. The smallest absolute Gasteiger partial charge is 0.243 e. The Morgan fingerprint density at radius 3 is 2.00 bits per heavy atom. The van der Waals surface area contributed by atoms with Gasteiger partial charge in [0.1, 0.15) is 5.82 Å². The first-order chi connectivity index (χ1) is 15.2. The van der Waals surface area contributed by atoms with Crippen LogP contribution in [0.25, 0.3) is 0 Å². The van der Waals surface area contributed by atoms with Crippen molar-refractivity contribution < 1.29 is 22.4 Å². The number of hydrogen-bond acceptors (Lipinski definition) is 4. The van der Waals surface area contributed by atoms with Crippen molar-refractivity contribution in [3.8, 4) is 0 Å². The average molecular weight is 480 g/mol. The summed E-state index contributed by atoms with van der Waals surface area (Å²) in [5, 5.41) is 5.44. The van der Waals surface area contributed by atoms with E-state index in [9.17, 15) is 22.4 Å². The maximum Gasteiger partial charge on any atom is 0.243 e. The molecule has 1 saturated heterocycles. The summed E-state index contributed by atoms with van der Waals surface area (Å²) in [7, 11) is -3.82. The van der Waals surface area contributed by atoms with Crippen LogP contribution in [0.1, 0.15) is 25.7 Å². The summed E-state index contributed by atoms with van der Waals surface area (Å²) in [4.78, 5) is 24.6. The highest BCUT2D eigenvalue weighted by Gasteiger charge is 2.33. The zero-order valence-electron chi connectivity index (χ0n) is 17.2. The molecule has 32 heavy (non-hydrogen) atoms. The second-order valence-electron chi connectivity index (χ2n) is 8.09. The van der Waals surface area contributed by atoms with Gasteiger partial charge in [-0.05, 0) is 62.1 Å². The number of rotatable bonds is 6. The first kappa shape index (κ1) is 22.7. The van der Waals surface area contributed by atoms with E-state index in [1.165, 1.54) is 10.4 Å². The molecule has 0 radical (unpaired) electrons. The van der Waals surface area contributed by atoms with Crippen molar-refractivity contribution in [2.75, 3.05) is 23.7 Å². The van der Waals surface area contributed by atoms with Crippen molar-refractivity contribution in [2.24, 2.45) is 11.8 Å². The highest BCUT2D eigenvalue weighted by molar-refractivity contribution is 7.89. The number of carbonyl (C=O) groups is 2. The fourth-order valence-electron chi connectivity index (χ4n) is 3.65. The molecule has 7 nitrogen and oxygen atoms in total. The van der Waals surface area contributed by atoms with Gasteiger partial charge in [0.25, 0.3) is 0 Å². The van der Waals surface area contributed by atoms with Gasteiger partial charge >= 0.3 is 0 Å².